The molecule has 2 aliphatic heterocycles. The number of halogens is 4. The van der Waals surface area contributed by atoms with E-state index in [9.17, 15) is 19.2 Å². The number of fused-ring (bicyclic) bond motifs is 2. The maximum absolute atomic E-state index is 12.0. The second-order valence-corrected chi connectivity index (χ2v) is 13.6. The van der Waals surface area contributed by atoms with E-state index >= 15 is 0 Å². The molecule has 0 spiro atoms. The number of carbonyl (C=O) groups excluding carboxylic acids is 4. The molecule has 0 aliphatic carbocycles. The molecular weight excluding hydrogens is 820 g/mol. The normalized spacial score (nSPS) is 13.9. The molecule has 6 rings (SSSR count). The van der Waals surface area contributed by atoms with Crippen molar-refractivity contribution in [3.63, 3.8) is 0 Å². The van der Waals surface area contributed by atoms with Gasteiger partial charge in [0.05, 0.1) is 40.1 Å². The summed E-state index contributed by atoms with van der Waals surface area (Å²) in [4.78, 5) is 47.5. The van der Waals surface area contributed by atoms with Crippen molar-refractivity contribution < 1.29 is 38.1 Å². The zero-order valence-electron chi connectivity index (χ0n) is 22.1. The number of benzene rings is 4. The van der Waals surface area contributed by atoms with E-state index in [1.54, 1.807) is 12.1 Å². The molecule has 0 N–H and O–H groups in total. The van der Waals surface area contributed by atoms with Crippen LogP contribution in [-0.2, 0) is 14.9 Å². The maximum Gasteiger partial charge on any atom is 0.347 e. The molecule has 0 amide bonds. The Morgan fingerprint density at radius 2 is 0.837 bits per heavy atom. The summed E-state index contributed by atoms with van der Waals surface area (Å²) in [5.41, 5.74) is 2.13. The maximum atomic E-state index is 12.0. The average Bonchev–Trinajstić information content (AvgIpc) is 3.40. The first-order valence-corrected chi connectivity index (χ1v) is 15.7. The number of ether oxygens (including phenoxy) is 4. The second-order valence-electron chi connectivity index (χ2n) is 10.1. The lowest BCUT2D eigenvalue weighted by molar-refractivity contribution is 0.0425. The molecule has 0 aromatic heterocycles. The van der Waals surface area contributed by atoms with E-state index in [-0.39, 0.29) is 22.3 Å². The number of hydrogen-bond donors (Lipinski definition) is 0. The molecule has 8 nitrogen and oxygen atoms in total. The molecule has 2 heterocycles. The van der Waals surface area contributed by atoms with Gasteiger partial charge in [0.2, 0.25) is 0 Å². The lowest BCUT2D eigenvalue weighted by Gasteiger charge is -2.28. The molecule has 12 heteroatoms. The largest absolute Gasteiger partial charge is 0.455 e. The van der Waals surface area contributed by atoms with Crippen molar-refractivity contribution >= 4 is 87.6 Å². The Labute approximate surface area is 278 Å². The number of carbonyl (C=O) groups is 4. The minimum Gasteiger partial charge on any atom is -0.455 e. The molecule has 0 atom stereocenters. The second kappa shape index (κ2) is 11.0. The molecule has 0 saturated carbocycles. The highest BCUT2D eigenvalue weighted by Crippen LogP contribution is 2.46. The molecule has 216 valence electrons. The Morgan fingerprint density at radius 3 is 1.19 bits per heavy atom. The number of rotatable bonds is 6. The van der Waals surface area contributed by atoms with Gasteiger partial charge in [-0.15, -0.1) is 0 Å². The predicted octanol–water partition coefficient (Wildman–Crippen LogP) is 9.27. The van der Waals surface area contributed by atoms with E-state index in [0.29, 0.717) is 40.9 Å². The summed E-state index contributed by atoms with van der Waals surface area (Å²) >= 11 is 14.5. The van der Waals surface area contributed by atoms with Crippen LogP contribution in [0.4, 0.5) is 0 Å². The summed E-state index contributed by atoms with van der Waals surface area (Å²) in [6, 6.07) is 16.9. The number of hydrogen-bond acceptors (Lipinski definition) is 8. The van der Waals surface area contributed by atoms with Gasteiger partial charge in [-0.2, -0.15) is 0 Å². The monoisotopic (exact) mass is 832 g/mol. The van der Waals surface area contributed by atoms with Crippen LogP contribution in [0.2, 0.25) is 0 Å². The fraction of sp³-hybridized carbons (Fsp3) is 0.0968. The third-order valence-electron chi connectivity index (χ3n) is 7.11. The summed E-state index contributed by atoms with van der Waals surface area (Å²) in [5.74, 6) is -1.04. The van der Waals surface area contributed by atoms with Crippen LogP contribution in [-0.4, -0.2) is 23.9 Å². The summed E-state index contributed by atoms with van der Waals surface area (Å²) in [6.45, 7) is 4.14. The third kappa shape index (κ3) is 5.34. The van der Waals surface area contributed by atoms with E-state index < -0.39 is 29.3 Å². The van der Waals surface area contributed by atoms with Gasteiger partial charge in [-0.05, 0) is 136 Å². The molecular formula is C31H16Br4O8. The quantitative estimate of drug-likeness (QED) is 0.140. The van der Waals surface area contributed by atoms with Crippen molar-refractivity contribution in [2.75, 3.05) is 0 Å². The van der Waals surface area contributed by atoms with E-state index in [1.165, 1.54) is 24.3 Å². The predicted molar refractivity (Wildman–Crippen MR) is 168 cm³/mol. The molecule has 4 aromatic rings. The van der Waals surface area contributed by atoms with Gasteiger partial charge in [-0.3, -0.25) is 0 Å². The zero-order chi connectivity index (χ0) is 30.8. The van der Waals surface area contributed by atoms with Crippen molar-refractivity contribution in [2.24, 2.45) is 0 Å². The zero-order valence-corrected chi connectivity index (χ0v) is 28.4. The summed E-state index contributed by atoms with van der Waals surface area (Å²) < 4.78 is 24.1. The lowest BCUT2D eigenvalue weighted by atomic mass is 9.78. The molecule has 0 unspecified atom stereocenters. The van der Waals surface area contributed by atoms with Crippen LogP contribution in [0.25, 0.3) is 0 Å². The average molecular weight is 836 g/mol. The fourth-order valence-corrected chi connectivity index (χ4v) is 7.39. The van der Waals surface area contributed by atoms with Crippen LogP contribution in [0.5, 0.6) is 23.0 Å². The summed E-state index contributed by atoms with van der Waals surface area (Å²) in [6.07, 6.45) is 0. The van der Waals surface area contributed by atoms with Crippen LogP contribution < -0.4 is 9.47 Å². The van der Waals surface area contributed by atoms with Gasteiger partial charge in [0.25, 0.3) is 0 Å². The SMILES string of the molecule is CC(C)(c1cc(Br)c(Oc2ccc3c(c2)C(=O)OC3=O)c(Br)c1)c1cc(Br)c(Oc2ccc3c(c2)C(=O)OC3=O)c(Br)c1. The minimum atomic E-state index is -0.706. The van der Waals surface area contributed by atoms with E-state index in [0.717, 1.165) is 11.1 Å². The van der Waals surface area contributed by atoms with Gasteiger partial charge in [0.15, 0.2) is 11.5 Å². The Hall–Kier alpha value is -3.32. The standard InChI is InChI=1S/C31H16Br4O8/c1-31(2,13-7-21(32)25(22(33)8-13)40-15-3-5-17-19(11-15)29(38)42-27(17)36)14-9-23(34)26(24(35)10-14)41-16-4-6-18-20(12-16)30(39)43-28(18)37/h3-12H,1-2H3. The molecule has 2 aliphatic rings. The van der Waals surface area contributed by atoms with Gasteiger partial charge < -0.3 is 18.9 Å². The molecule has 0 fully saturated rings. The Balaban J connectivity index is 1.27. The van der Waals surface area contributed by atoms with Crippen molar-refractivity contribution in [3.05, 3.63) is 112 Å². The fourth-order valence-electron chi connectivity index (χ4n) is 4.69. The van der Waals surface area contributed by atoms with Crippen LogP contribution in [0.15, 0.2) is 78.6 Å². The molecule has 43 heavy (non-hydrogen) atoms. The number of cyclic esters (lactones) is 4. The number of esters is 4. The molecule has 0 saturated heterocycles. The first-order chi connectivity index (χ1) is 20.3. The topological polar surface area (TPSA) is 105 Å². The molecule has 0 radical (unpaired) electrons. The summed E-state index contributed by atoms with van der Waals surface area (Å²) in [7, 11) is 0. The van der Waals surface area contributed by atoms with Gasteiger partial charge >= 0.3 is 23.9 Å². The van der Waals surface area contributed by atoms with E-state index in [4.69, 9.17) is 9.47 Å². The highest BCUT2D eigenvalue weighted by atomic mass is 79.9. The van der Waals surface area contributed by atoms with Crippen LogP contribution in [0.1, 0.15) is 66.4 Å². The Morgan fingerprint density at radius 1 is 0.512 bits per heavy atom. The van der Waals surface area contributed by atoms with Crippen molar-refractivity contribution in [1.82, 2.24) is 0 Å². The van der Waals surface area contributed by atoms with Gasteiger partial charge in [-0.25, -0.2) is 19.2 Å². The van der Waals surface area contributed by atoms with Crippen LogP contribution >= 0.6 is 63.7 Å². The Bertz CT molecular complexity index is 1750. The lowest BCUT2D eigenvalue weighted by Crippen LogP contribution is -2.19. The summed E-state index contributed by atoms with van der Waals surface area (Å²) in [5, 5.41) is 0. The van der Waals surface area contributed by atoms with Crippen LogP contribution in [0, 0.1) is 0 Å². The van der Waals surface area contributed by atoms with Crippen molar-refractivity contribution in [2.45, 2.75) is 19.3 Å². The van der Waals surface area contributed by atoms with E-state index in [1.807, 2.05) is 24.3 Å². The molecule has 0 bridgehead atoms. The van der Waals surface area contributed by atoms with Crippen molar-refractivity contribution in [1.29, 1.82) is 0 Å². The van der Waals surface area contributed by atoms with Gasteiger partial charge in [0.1, 0.15) is 11.5 Å². The molecule has 4 aromatic carbocycles. The highest BCUT2D eigenvalue weighted by molar-refractivity contribution is 9.11. The van der Waals surface area contributed by atoms with Crippen LogP contribution in [0.3, 0.4) is 0 Å². The highest BCUT2D eigenvalue weighted by Gasteiger charge is 2.32. The third-order valence-corrected chi connectivity index (χ3v) is 9.47. The minimum absolute atomic E-state index is 0.157. The smallest absolute Gasteiger partial charge is 0.347 e. The Kier molecular flexibility index (Phi) is 7.60. The first kappa shape index (κ1) is 29.7. The van der Waals surface area contributed by atoms with Gasteiger partial charge in [0, 0.05) is 5.41 Å². The van der Waals surface area contributed by atoms with Crippen molar-refractivity contribution in [3.8, 4) is 23.0 Å². The van der Waals surface area contributed by atoms with Gasteiger partial charge in [-0.1, -0.05) is 13.8 Å². The first-order valence-electron chi connectivity index (χ1n) is 12.5. The van der Waals surface area contributed by atoms with E-state index in [2.05, 4.69) is 87.0 Å².